The molecule has 1 aliphatic rings. The van der Waals surface area contributed by atoms with E-state index in [2.05, 4.69) is 65.8 Å². The summed E-state index contributed by atoms with van der Waals surface area (Å²) in [6.45, 7) is 13.3. The van der Waals surface area contributed by atoms with Gasteiger partial charge in [-0.15, -0.1) is 11.8 Å². The Kier molecular flexibility index (Phi) is 5.55. The van der Waals surface area contributed by atoms with Crippen molar-refractivity contribution in [2.45, 2.75) is 64.3 Å². The number of phenols is 1. The highest BCUT2D eigenvalue weighted by Crippen LogP contribution is 2.46. The molecule has 28 heavy (non-hydrogen) atoms. The van der Waals surface area contributed by atoms with Gasteiger partial charge in [-0.3, -0.25) is 4.79 Å². The van der Waals surface area contributed by atoms with Gasteiger partial charge in [-0.1, -0.05) is 71.9 Å². The van der Waals surface area contributed by atoms with Gasteiger partial charge in [0, 0.05) is 6.54 Å². The fourth-order valence-corrected chi connectivity index (χ4v) is 4.79. The molecule has 1 N–H and O–H groups in total. The van der Waals surface area contributed by atoms with Crippen molar-refractivity contribution >= 4 is 17.7 Å². The van der Waals surface area contributed by atoms with Gasteiger partial charge in [-0.2, -0.15) is 0 Å². The lowest BCUT2D eigenvalue weighted by molar-refractivity contribution is -0.128. The van der Waals surface area contributed by atoms with Crippen molar-refractivity contribution in [2.75, 3.05) is 5.75 Å². The first kappa shape index (κ1) is 20.8. The average Bonchev–Trinajstić information content (AvgIpc) is 2.95. The maximum absolute atomic E-state index is 12.6. The van der Waals surface area contributed by atoms with Crippen molar-refractivity contribution in [3.8, 4) is 5.75 Å². The van der Waals surface area contributed by atoms with E-state index < -0.39 is 0 Å². The van der Waals surface area contributed by atoms with Crippen molar-refractivity contribution in [1.82, 2.24) is 4.90 Å². The smallest absolute Gasteiger partial charge is 0.234 e. The van der Waals surface area contributed by atoms with Crippen LogP contribution in [-0.4, -0.2) is 21.7 Å². The standard InChI is InChI=1S/C24H31NO2S/c1-23(2,3)18-12-17(13-19(21(18)27)24(4,5)6)22-25(20(26)15-28-22)14-16-10-8-7-9-11-16/h7-13,22,27H,14-15H2,1-6H3/t22-/m1/s1. The van der Waals surface area contributed by atoms with Crippen LogP contribution >= 0.6 is 11.8 Å². The fourth-order valence-electron chi connectivity index (χ4n) is 3.62. The first-order chi connectivity index (χ1) is 13.0. The molecule has 0 unspecified atom stereocenters. The molecule has 1 aliphatic heterocycles. The first-order valence-corrected chi connectivity index (χ1v) is 10.9. The van der Waals surface area contributed by atoms with E-state index in [1.807, 2.05) is 23.1 Å². The number of thioether (sulfide) groups is 1. The molecule has 1 amide bonds. The van der Waals surface area contributed by atoms with Crippen LogP contribution in [0.1, 0.15) is 69.2 Å². The first-order valence-electron chi connectivity index (χ1n) is 9.81. The van der Waals surface area contributed by atoms with E-state index in [1.165, 1.54) is 0 Å². The number of carbonyl (C=O) groups is 1. The van der Waals surface area contributed by atoms with Crippen LogP contribution in [0, 0.1) is 0 Å². The number of carbonyl (C=O) groups excluding carboxylic acids is 1. The lowest BCUT2D eigenvalue weighted by Crippen LogP contribution is -2.28. The zero-order chi connectivity index (χ0) is 20.7. The minimum Gasteiger partial charge on any atom is -0.507 e. The van der Waals surface area contributed by atoms with Crippen molar-refractivity contribution < 1.29 is 9.90 Å². The van der Waals surface area contributed by atoms with Crippen molar-refractivity contribution in [1.29, 1.82) is 0 Å². The quantitative estimate of drug-likeness (QED) is 0.716. The van der Waals surface area contributed by atoms with E-state index in [0.29, 0.717) is 18.0 Å². The van der Waals surface area contributed by atoms with Gasteiger partial charge in [-0.25, -0.2) is 0 Å². The largest absolute Gasteiger partial charge is 0.507 e. The second-order valence-electron chi connectivity index (χ2n) is 9.64. The third-order valence-electron chi connectivity index (χ3n) is 5.20. The Morgan fingerprint density at radius 2 is 1.54 bits per heavy atom. The SMILES string of the molecule is CC(C)(C)c1cc([C@H]2SCC(=O)N2Cc2ccccc2)cc(C(C)(C)C)c1O. The van der Waals surface area contributed by atoms with Crippen LogP contribution in [0.2, 0.25) is 0 Å². The summed E-state index contributed by atoms with van der Waals surface area (Å²) in [4.78, 5) is 14.6. The van der Waals surface area contributed by atoms with Crippen molar-refractivity contribution in [2.24, 2.45) is 0 Å². The number of hydrogen-bond donors (Lipinski definition) is 1. The molecule has 3 nitrogen and oxygen atoms in total. The number of aromatic hydroxyl groups is 1. The van der Waals surface area contributed by atoms with E-state index in [-0.39, 0.29) is 22.1 Å². The summed E-state index contributed by atoms with van der Waals surface area (Å²) in [6, 6.07) is 14.3. The highest BCUT2D eigenvalue weighted by atomic mass is 32.2. The van der Waals surface area contributed by atoms with E-state index in [4.69, 9.17) is 0 Å². The van der Waals surface area contributed by atoms with Crippen molar-refractivity contribution in [3.63, 3.8) is 0 Å². The zero-order valence-electron chi connectivity index (χ0n) is 17.7. The van der Waals surface area contributed by atoms with E-state index >= 15 is 0 Å². The molecule has 1 fully saturated rings. The molecular weight excluding hydrogens is 366 g/mol. The van der Waals surface area contributed by atoms with Crippen LogP contribution in [0.15, 0.2) is 42.5 Å². The molecule has 1 saturated heterocycles. The molecule has 0 saturated carbocycles. The summed E-state index contributed by atoms with van der Waals surface area (Å²) in [7, 11) is 0. The summed E-state index contributed by atoms with van der Waals surface area (Å²) in [6.07, 6.45) is 0. The second-order valence-corrected chi connectivity index (χ2v) is 10.7. The predicted molar refractivity (Wildman–Crippen MR) is 118 cm³/mol. The lowest BCUT2D eigenvalue weighted by Gasteiger charge is -2.31. The van der Waals surface area contributed by atoms with Gasteiger partial charge in [0.15, 0.2) is 0 Å². The summed E-state index contributed by atoms with van der Waals surface area (Å²) >= 11 is 1.67. The topological polar surface area (TPSA) is 40.5 Å². The predicted octanol–water partition coefficient (Wildman–Crippen LogP) is 5.76. The van der Waals surface area contributed by atoms with Crippen LogP contribution < -0.4 is 0 Å². The van der Waals surface area contributed by atoms with E-state index in [0.717, 1.165) is 22.3 Å². The van der Waals surface area contributed by atoms with Crippen LogP contribution in [0.4, 0.5) is 0 Å². The minimum atomic E-state index is -0.183. The lowest BCUT2D eigenvalue weighted by atomic mass is 9.78. The maximum Gasteiger partial charge on any atom is 0.234 e. The molecular formula is C24H31NO2S. The number of amides is 1. The van der Waals surface area contributed by atoms with Gasteiger partial charge >= 0.3 is 0 Å². The van der Waals surface area contributed by atoms with Gasteiger partial charge in [0.2, 0.25) is 5.91 Å². The van der Waals surface area contributed by atoms with Gasteiger partial charge < -0.3 is 10.0 Å². The number of benzene rings is 2. The number of phenolic OH excluding ortho intramolecular Hbond substituents is 1. The molecule has 0 bridgehead atoms. The molecule has 0 radical (unpaired) electrons. The minimum absolute atomic E-state index is 0.0319. The number of nitrogens with zero attached hydrogens (tertiary/aromatic N) is 1. The third-order valence-corrected chi connectivity index (χ3v) is 6.45. The van der Waals surface area contributed by atoms with Crippen LogP contribution in [0.3, 0.4) is 0 Å². The number of rotatable bonds is 3. The average molecular weight is 398 g/mol. The Hall–Kier alpha value is -1.94. The third kappa shape index (κ3) is 4.22. The zero-order valence-corrected chi connectivity index (χ0v) is 18.6. The van der Waals surface area contributed by atoms with Crippen LogP contribution in [-0.2, 0) is 22.2 Å². The normalized spacial score (nSPS) is 18.0. The molecule has 3 rings (SSSR count). The van der Waals surface area contributed by atoms with E-state index in [1.54, 1.807) is 11.8 Å². The molecule has 0 aliphatic carbocycles. The molecule has 0 spiro atoms. The summed E-state index contributed by atoms with van der Waals surface area (Å²) in [5, 5.41) is 11.0. The molecule has 0 aromatic heterocycles. The number of hydrogen-bond acceptors (Lipinski definition) is 3. The van der Waals surface area contributed by atoms with Gasteiger partial charge in [0.05, 0.1) is 5.75 Å². The fraction of sp³-hybridized carbons (Fsp3) is 0.458. The Morgan fingerprint density at radius 3 is 2.04 bits per heavy atom. The highest BCUT2D eigenvalue weighted by molar-refractivity contribution is 8.00. The monoisotopic (exact) mass is 397 g/mol. The van der Waals surface area contributed by atoms with Crippen LogP contribution in [0.25, 0.3) is 0 Å². The molecule has 2 aromatic carbocycles. The maximum atomic E-state index is 12.6. The van der Waals surface area contributed by atoms with Gasteiger partial charge in [-0.05, 0) is 45.2 Å². The Morgan fingerprint density at radius 1 is 1.00 bits per heavy atom. The summed E-state index contributed by atoms with van der Waals surface area (Å²) in [5.41, 5.74) is 3.74. The molecule has 1 atom stereocenters. The second kappa shape index (κ2) is 7.47. The Bertz CT molecular complexity index is 827. The van der Waals surface area contributed by atoms with Gasteiger partial charge in [0.25, 0.3) is 0 Å². The van der Waals surface area contributed by atoms with Crippen molar-refractivity contribution in [3.05, 3.63) is 64.7 Å². The van der Waals surface area contributed by atoms with E-state index in [9.17, 15) is 9.90 Å². The Labute approximate surface area is 173 Å². The highest BCUT2D eigenvalue weighted by Gasteiger charge is 2.35. The Balaban J connectivity index is 2.07. The summed E-state index contributed by atoms with van der Waals surface area (Å²) in [5.74, 6) is 1.04. The molecule has 150 valence electrons. The van der Waals surface area contributed by atoms with Crippen LogP contribution in [0.5, 0.6) is 5.75 Å². The molecule has 1 heterocycles. The molecule has 4 heteroatoms. The molecule has 2 aromatic rings. The van der Waals surface area contributed by atoms with Gasteiger partial charge in [0.1, 0.15) is 11.1 Å². The summed E-state index contributed by atoms with van der Waals surface area (Å²) < 4.78 is 0.